The minimum absolute atomic E-state index is 0.181. The molecule has 2 atom stereocenters. The average molecular weight is 318 g/mol. The van der Waals surface area contributed by atoms with Crippen molar-refractivity contribution in [3.63, 3.8) is 0 Å². The highest BCUT2D eigenvalue weighted by Gasteiger charge is 2.36. The number of likely N-dealkylation sites (N-methyl/N-ethyl adjacent to an activating group) is 1. The van der Waals surface area contributed by atoms with Crippen LogP contribution in [-0.4, -0.2) is 58.1 Å². The molecule has 0 radical (unpaired) electrons. The van der Waals surface area contributed by atoms with Crippen molar-refractivity contribution in [2.45, 2.75) is 12.1 Å². The van der Waals surface area contributed by atoms with Crippen molar-refractivity contribution >= 4 is 17.4 Å². The quantitative estimate of drug-likeness (QED) is 0.846. The minimum atomic E-state index is 0.181. The van der Waals surface area contributed by atoms with E-state index in [1.165, 1.54) is 0 Å². The first-order valence-corrected chi connectivity index (χ1v) is 7.31. The summed E-state index contributed by atoms with van der Waals surface area (Å²) in [6.45, 7) is 1.56. The number of hydrogen-bond donors (Lipinski definition) is 0. The Labute approximate surface area is 133 Å². The van der Waals surface area contributed by atoms with E-state index in [0.717, 1.165) is 18.9 Å². The third-order valence-electron chi connectivity index (χ3n) is 3.96. The van der Waals surface area contributed by atoms with Crippen molar-refractivity contribution in [3.8, 4) is 6.07 Å². The molecule has 114 valence electrons. The predicted molar refractivity (Wildman–Crippen MR) is 82.7 cm³/mol. The van der Waals surface area contributed by atoms with Crippen LogP contribution in [0.3, 0.4) is 0 Å². The van der Waals surface area contributed by atoms with Crippen LogP contribution in [0, 0.1) is 11.3 Å². The second-order valence-corrected chi connectivity index (χ2v) is 5.91. The number of nitriles is 1. The molecule has 8 heteroatoms. The normalized spacial score (nSPS) is 21.3. The molecular formula is C14H16ClN7. The average Bonchev–Trinajstić information content (AvgIpc) is 3.16. The topological polar surface area (TPSA) is 73.9 Å². The summed E-state index contributed by atoms with van der Waals surface area (Å²) in [5.41, 5.74) is 0.254. The molecule has 0 N–H and O–H groups in total. The zero-order valence-corrected chi connectivity index (χ0v) is 13.1. The Morgan fingerprint density at radius 3 is 2.82 bits per heavy atom. The molecule has 3 rings (SSSR count). The summed E-state index contributed by atoms with van der Waals surface area (Å²) >= 11 is 5.96. The lowest BCUT2D eigenvalue weighted by atomic mass is 10.1. The van der Waals surface area contributed by atoms with Gasteiger partial charge in [0.25, 0.3) is 0 Å². The van der Waals surface area contributed by atoms with Crippen LogP contribution in [0.5, 0.6) is 0 Å². The molecule has 2 aromatic rings. The van der Waals surface area contributed by atoms with Crippen LogP contribution in [0.15, 0.2) is 24.5 Å². The highest BCUT2D eigenvalue weighted by molar-refractivity contribution is 6.31. The standard InChI is InChI=1S/C14H16ClN7/c1-20(2)12-8-21(9-13(12)22-6-5-17-19-22)14-4-3-10(15)11(7-16)18-14/h3-6,12-13H,8-9H2,1-2H3/t12-,13+/m1/s1. The molecule has 0 amide bonds. The van der Waals surface area contributed by atoms with Crippen molar-refractivity contribution in [2.75, 3.05) is 32.1 Å². The van der Waals surface area contributed by atoms with Gasteiger partial charge in [-0.1, -0.05) is 16.8 Å². The van der Waals surface area contributed by atoms with E-state index in [0.29, 0.717) is 5.02 Å². The first-order valence-electron chi connectivity index (χ1n) is 6.94. The van der Waals surface area contributed by atoms with Gasteiger partial charge in [-0.15, -0.1) is 5.10 Å². The van der Waals surface area contributed by atoms with Crippen LogP contribution in [0.1, 0.15) is 11.7 Å². The van der Waals surface area contributed by atoms with Gasteiger partial charge in [0.1, 0.15) is 11.9 Å². The van der Waals surface area contributed by atoms with E-state index in [2.05, 4.69) is 25.1 Å². The summed E-state index contributed by atoms with van der Waals surface area (Å²) in [6, 6.07) is 6.05. The van der Waals surface area contributed by atoms with E-state index in [1.54, 1.807) is 12.3 Å². The fourth-order valence-electron chi connectivity index (χ4n) is 2.80. The molecule has 1 fully saturated rings. The SMILES string of the molecule is CN(C)[C@@H]1CN(c2ccc(Cl)c(C#N)n2)C[C@@H]1n1ccnn1. The summed E-state index contributed by atoms with van der Waals surface area (Å²) < 4.78 is 1.88. The molecule has 0 spiro atoms. The van der Waals surface area contributed by atoms with Gasteiger partial charge < -0.3 is 9.80 Å². The molecule has 1 saturated heterocycles. The molecule has 0 aliphatic carbocycles. The first-order chi connectivity index (χ1) is 10.6. The van der Waals surface area contributed by atoms with Crippen molar-refractivity contribution in [1.82, 2.24) is 24.9 Å². The van der Waals surface area contributed by atoms with Gasteiger partial charge in [0, 0.05) is 19.3 Å². The Morgan fingerprint density at radius 1 is 1.36 bits per heavy atom. The zero-order valence-electron chi connectivity index (χ0n) is 12.4. The Morgan fingerprint density at radius 2 is 2.18 bits per heavy atom. The van der Waals surface area contributed by atoms with Gasteiger partial charge in [0.15, 0.2) is 5.69 Å². The molecule has 0 bridgehead atoms. The maximum atomic E-state index is 9.08. The number of halogens is 1. The third kappa shape index (κ3) is 2.63. The van der Waals surface area contributed by atoms with Gasteiger partial charge in [-0.25, -0.2) is 9.67 Å². The largest absolute Gasteiger partial charge is 0.353 e. The second-order valence-electron chi connectivity index (χ2n) is 5.50. The van der Waals surface area contributed by atoms with Gasteiger partial charge in [-0.05, 0) is 26.2 Å². The highest BCUT2D eigenvalue weighted by atomic mass is 35.5. The fraction of sp³-hybridized carbons (Fsp3) is 0.429. The number of hydrogen-bond acceptors (Lipinski definition) is 6. The van der Waals surface area contributed by atoms with E-state index in [9.17, 15) is 0 Å². The number of pyridine rings is 1. The van der Waals surface area contributed by atoms with Crippen molar-refractivity contribution in [2.24, 2.45) is 0 Å². The van der Waals surface area contributed by atoms with Crippen LogP contribution in [0.4, 0.5) is 5.82 Å². The Kier molecular flexibility index (Phi) is 3.96. The summed E-state index contributed by atoms with van der Waals surface area (Å²) in [5.74, 6) is 0.760. The van der Waals surface area contributed by atoms with Gasteiger partial charge in [-0.2, -0.15) is 5.26 Å². The first kappa shape index (κ1) is 14.8. The van der Waals surface area contributed by atoms with Gasteiger partial charge >= 0.3 is 0 Å². The monoisotopic (exact) mass is 317 g/mol. The number of rotatable bonds is 3. The van der Waals surface area contributed by atoms with E-state index < -0.39 is 0 Å². The van der Waals surface area contributed by atoms with Crippen LogP contribution in [-0.2, 0) is 0 Å². The van der Waals surface area contributed by atoms with E-state index in [-0.39, 0.29) is 17.8 Å². The predicted octanol–water partition coefficient (Wildman–Crippen LogP) is 1.19. The molecule has 0 aromatic carbocycles. The fourth-order valence-corrected chi connectivity index (χ4v) is 2.95. The van der Waals surface area contributed by atoms with Gasteiger partial charge in [-0.3, -0.25) is 0 Å². The maximum Gasteiger partial charge on any atom is 0.161 e. The minimum Gasteiger partial charge on any atom is -0.353 e. The van der Waals surface area contributed by atoms with Crippen molar-refractivity contribution in [1.29, 1.82) is 5.26 Å². The lowest BCUT2D eigenvalue weighted by Gasteiger charge is -2.24. The van der Waals surface area contributed by atoms with Crippen LogP contribution in [0.2, 0.25) is 5.02 Å². The Bertz CT molecular complexity index is 692. The summed E-state index contributed by atoms with van der Waals surface area (Å²) in [4.78, 5) is 8.67. The van der Waals surface area contributed by atoms with Gasteiger partial charge in [0.2, 0.25) is 0 Å². The third-order valence-corrected chi connectivity index (χ3v) is 4.27. The van der Waals surface area contributed by atoms with Crippen LogP contribution < -0.4 is 4.90 Å². The molecule has 3 heterocycles. The molecule has 0 unspecified atom stereocenters. The molecular weight excluding hydrogens is 302 g/mol. The van der Waals surface area contributed by atoms with E-state index in [1.807, 2.05) is 37.1 Å². The molecule has 1 aliphatic rings. The summed E-state index contributed by atoms with van der Waals surface area (Å²) in [5, 5.41) is 17.5. The van der Waals surface area contributed by atoms with Crippen LogP contribution >= 0.6 is 11.6 Å². The Hall–Kier alpha value is -2.17. The lowest BCUT2D eigenvalue weighted by molar-refractivity contribution is 0.243. The second kappa shape index (κ2) is 5.91. The summed E-state index contributed by atoms with van der Waals surface area (Å²) in [7, 11) is 4.10. The molecule has 22 heavy (non-hydrogen) atoms. The molecule has 0 saturated carbocycles. The van der Waals surface area contributed by atoms with Crippen molar-refractivity contribution < 1.29 is 0 Å². The number of nitrogens with zero attached hydrogens (tertiary/aromatic N) is 7. The van der Waals surface area contributed by atoms with E-state index >= 15 is 0 Å². The summed E-state index contributed by atoms with van der Waals surface area (Å²) in [6.07, 6.45) is 3.56. The number of anilines is 1. The molecule has 1 aliphatic heterocycles. The molecule has 7 nitrogen and oxygen atoms in total. The maximum absolute atomic E-state index is 9.08. The highest BCUT2D eigenvalue weighted by Crippen LogP contribution is 2.29. The molecule has 2 aromatic heterocycles. The lowest BCUT2D eigenvalue weighted by Crippen LogP contribution is -2.36. The number of aromatic nitrogens is 4. The van der Waals surface area contributed by atoms with Crippen molar-refractivity contribution in [3.05, 3.63) is 35.2 Å². The zero-order chi connectivity index (χ0) is 15.7. The van der Waals surface area contributed by atoms with E-state index in [4.69, 9.17) is 16.9 Å². The van der Waals surface area contributed by atoms with Gasteiger partial charge in [0.05, 0.1) is 23.3 Å². The smallest absolute Gasteiger partial charge is 0.161 e. The van der Waals surface area contributed by atoms with Crippen LogP contribution in [0.25, 0.3) is 0 Å². The Balaban J connectivity index is 1.89.